The molecule has 0 unspecified atom stereocenters. The second-order valence-electron chi connectivity index (χ2n) is 6.05. The van der Waals surface area contributed by atoms with Crippen molar-refractivity contribution in [1.29, 1.82) is 0 Å². The van der Waals surface area contributed by atoms with Crippen molar-refractivity contribution in [3.05, 3.63) is 53.1 Å². The van der Waals surface area contributed by atoms with Gasteiger partial charge in [-0.2, -0.15) is 0 Å². The van der Waals surface area contributed by atoms with E-state index in [1.54, 1.807) is 14.2 Å². The molecular weight excluding hydrogens is 336 g/mol. The maximum atomic E-state index is 10.7. The van der Waals surface area contributed by atoms with Gasteiger partial charge in [0, 0.05) is 23.4 Å². The molecule has 0 spiro atoms. The monoisotopic (exact) mass is 358 g/mol. The molecule has 0 amide bonds. The number of benzene rings is 2. The highest BCUT2D eigenvalue weighted by molar-refractivity contribution is 7.80. The predicted molar refractivity (Wildman–Crippen MR) is 102 cm³/mol. The first-order chi connectivity index (χ1) is 12.0. The van der Waals surface area contributed by atoms with Crippen molar-refractivity contribution in [3.8, 4) is 11.5 Å². The third-order valence-corrected chi connectivity index (χ3v) is 4.74. The van der Waals surface area contributed by atoms with E-state index in [1.165, 1.54) is 5.56 Å². The van der Waals surface area contributed by atoms with Crippen LogP contribution < -0.4 is 14.8 Å². The SMILES string of the molecule is COc1ccc(OC)c2c1CN(C(=S)Nc1ccc(C)cc1)C[C@H]2O. The zero-order chi connectivity index (χ0) is 18.0. The summed E-state index contributed by atoms with van der Waals surface area (Å²) in [5, 5.41) is 14.4. The summed E-state index contributed by atoms with van der Waals surface area (Å²) in [6.07, 6.45) is -0.702. The minimum absolute atomic E-state index is 0.397. The van der Waals surface area contributed by atoms with Crippen molar-refractivity contribution >= 4 is 23.0 Å². The topological polar surface area (TPSA) is 54.0 Å². The fraction of sp³-hybridized carbons (Fsp3) is 0.316. The van der Waals surface area contributed by atoms with Crippen LogP contribution in [0.2, 0.25) is 0 Å². The number of nitrogens with one attached hydrogen (secondary N) is 1. The molecule has 6 heteroatoms. The van der Waals surface area contributed by atoms with E-state index in [0.29, 0.717) is 24.0 Å². The number of aryl methyl sites for hydroxylation is 1. The highest BCUT2D eigenvalue weighted by Crippen LogP contribution is 2.39. The average Bonchev–Trinajstić information content (AvgIpc) is 2.62. The molecule has 0 aromatic heterocycles. The van der Waals surface area contributed by atoms with E-state index in [1.807, 2.05) is 48.2 Å². The number of ether oxygens (including phenoxy) is 2. The number of nitrogens with zero attached hydrogens (tertiary/aromatic N) is 1. The number of thiocarbonyl (C=S) groups is 1. The molecule has 1 aliphatic heterocycles. The van der Waals surface area contributed by atoms with Crippen molar-refractivity contribution in [3.63, 3.8) is 0 Å². The van der Waals surface area contributed by atoms with Crippen molar-refractivity contribution in [2.24, 2.45) is 0 Å². The van der Waals surface area contributed by atoms with Crippen molar-refractivity contribution in [2.75, 3.05) is 26.1 Å². The van der Waals surface area contributed by atoms with E-state index in [0.717, 1.165) is 22.6 Å². The van der Waals surface area contributed by atoms with E-state index in [4.69, 9.17) is 21.7 Å². The van der Waals surface area contributed by atoms with Crippen LogP contribution in [0.25, 0.3) is 0 Å². The number of anilines is 1. The average molecular weight is 358 g/mol. The van der Waals surface area contributed by atoms with Gasteiger partial charge in [0.15, 0.2) is 5.11 Å². The molecular formula is C19H22N2O3S. The van der Waals surface area contributed by atoms with Gasteiger partial charge in [-0.3, -0.25) is 0 Å². The van der Waals surface area contributed by atoms with Gasteiger partial charge in [0.25, 0.3) is 0 Å². The van der Waals surface area contributed by atoms with Gasteiger partial charge in [-0.1, -0.05) is 17.7 Å². The lowest BCUT2D eigenvalue weighted by atomic mass is 9.95. The Bertz CT molecular complexity index is 777. The molecule has 2 N–H and O–H groups in total. The highest BCUT2D eigenvalue weighted by atomic mass is 32.1. The van der Waals surface area contributed by atoms with Gasteiger partial charge in [0.2, 0.25) is 0 Å². The number of methoxy groups -OCH3 is 2. The first kappa shape index (κ1) is 17.5. The Morgan fingerprint density at radius 3 is 2.40 bits per heavy atom. The molecule has 1 heterocycles. The van der Waals surface area contributed by atoms with Gasteiger partial charge in [0.1, 0.15) is 17.6 Å². The second-order valence-corrected chi connectivity index (χ2v) is 6.44. The zero-order valence-corrected chi connectivity index (χ0v) is 15.4. The lowest BCUT2D eigenvalue weighted by molar-refractivity contribution is 0.123. The van der Waals surface area contributed by atoms with E-state index in [2.05, 4.69) is 5.32 Å². The summed E-state index contributed by atoms with van der Waals surface area (Å²) >= 11 is 5.54. The smallest absolute Gasteiger partial charge is 0.173 e. The summed E-state index contributed by atoms with van der Waals surface area (Å²) in [7, 11) is 3.22. The number of β-amino-alcohol motifs (C(OH)–C–C–N with tert-alkyl or cyclic N) is 1. The van der Waals surface area contributed by atoms with Crippen molar-refractivity contribution in [1.82, 2.24) is 4.90 Å². The lowest BCUT2D eigenvalue weighted by Crippen LogP contribution is -2.41. The Kier molecular flexibility index (Phi) is 5.11. The molecule has 2 aromatic rings. The van der Waals surface area contributed by atoms with E-state index in [-0.39, 0.29) is 0 Å². The number of rotatable bonds is 3. The van der Waals surface area contributed by atoms with Crippen LogP contribution in [0, 0.1) is 6.92 Å². The largest absolute Gasteiger partial charge is 0.496 e. The van der Waals surface area contributed by atoms with Crippen LogP contribution in [0.3, 0.4) is 0 Å². The Labute approximate surface area is 153 Å². The number of aliphatic hydroxyl groups is 1. The Morgan fingerprint density at radius 2 is 1.76 bits per heavy atom. The maximum Gasteiger partial charge on any atom is 0.173 e. The summed E-state index contributed by atoms with van der Waals surface area (Å²) in [6.45, 7) is 2.98. The molecule has 0 saturated heterocycles. The highest BCUT2D eigenvalue weighted by Gasteiger charge is 2.30. The first-order valence-corrected chi connectivity index (χ1v) is 8.48. The molecule has 3 rings (SSSR count). The number of fused-ring (bicyclic) bond motifs is 1. The van der Waals surface area contributed by atoms with Gasteiger partial charge in [-0.05, 0) is 43.4 Å². The number of hydrogen-bond donors (Lipinski definition) is 2. The van der Waals surface area contributed by atoms with Gasteiger partial charge < -0.3 is 24.8 Å². The van der Waals surface area contributed by atoms with Crippen LogP contribution in [0.5, 0.6) is 11.5 Å². The van der Waals surface area contributed by atoms with Gasteiger partial charge in [0.05, 0.1) is 20.8 Å². The van der Waals surface area contributed by atoms with Crippen LogP contribution in [0.15, 0.2) is 36.4 Å². The van der Waals surface area contributed by atoms with Crippen molar-refractivity contribution < 1.29 is 14.6 Å². The fourth-order valence-corrected chi connectivity index (χ4v) is 3.33. The molecule has 1 atom stereocenters. The second kappa shape index (κ2) is 7.29. The summed E-state index contributed by atoms with van der Waals surface area (Å²) < 4.78 is 10.9. The molecule has 5 nitrogen and oxygen atoms in total. The van der Waals surface area contributed by atoms with Crippen LogP contribution in [-0.2, 0) is 6.54 Å². The van der Waals surface area contributed by atoms with Gasteiger partial charge in [-0.25, -0.2) is 0 Å². The van der Waals surface area contributed by atoms with Crippen LogP contribution in [-0.4, -0.2) is 35.9 Å². The normalized spacial score (nSPS) is 16.2. The van der Waals surface area contributed by atoms with Gasteiger partial charge in [-0.15, -0.1) is 0 Å². The van der Waals surface area contributed by atoms with Gasteiger partial charge >= 0.3 is 0 Å². The first-order valence-electron chi connectivity index (χ1n) is 8.08. The number of aliphatic hydroxyl groups excluding tert-OH is 1. The Balaban J connectivity index is 1.85. The fourth-order valence-electron chi connectivity index (χ4n) is 3.07. The lowest BCUT2D eigenvalue weighted by Gasteiger charge is -2.35. The molecule has 0 radical (unpaired) electrons. The molecule has 132 valence electrons. The molecule has 25 heavy (non-hydrogen) atoms. The summed E-state index contributed by atoms with van der Waals surface area (Å²) in [4.78, 5) is 1.93. The van der Waals surface area contributed by atoms with E-state index >= 15 is 0 Å². The van der Waals surface area contributed by atoms with Crippen LogP contribution in [0.4, 0.5) is 5.69 Å². The summed E-state index contributed by atoms with van der Waals surface area (Å²) in [5.41, 5.74) is 3.79. The molecule has 2 aromatic carbocycles. The zero-order valence-electron chi connectivity index (χ0n) is 14.6. The van der Waals surface area contributed by atoms with Crippen molar-refractivity contribution in [2.45, 2.75) is 19.6 Å². The third kappa shape index (κ3) is 3.55. The molecule has 0 bridgehead atoms. The number of hydrogen-bond acceptors (Lipinski definition) is 4. The Hall–Kier alpha value is -2.31. The van der Waals surface area contributed by atoms with E-state index < -0.39 is 6.10 Å². The minimum Gasteiger partial charge on any atom is -0.496 e. The summed E-state index contributed by atoms with van der Waals surface area (Å²) in [6, 6.07) is 11.7. The standard InChI is InChI=1S/C19H22N2O3S/c1-12-4-6-13(7-5-12)20-19(25)21-10-14-16(23-2)8-9-17(24-3)18(14)15(22)11-21/h4-9,15,22H,10-11H2,1-3H3,(H,20,25)/t15-/m1/s1. The quantitative estimate of drug-likeness (QED) is 0.822. The van der Waals surface area contributed by atoms with Crippen LogP contribution in [0.1, 0.15) is 22.8 Å². The maximum absolute atomic E-state index is 10.7. The molecule has 1 aliphatic rings. The molecule has 0 aliphatic carbocycles. The molecule has 0 fully saturated rings. The van der Waals surface area contributed by atoms with E-state index in [9.17, 15) is 5.11 Å². The predicted octanol–water partition coefficient (Wildman–Crippen LogP) is 3.26. The minimum atomic E-state index is -0.702. The van der Waals surface area contributed by atoms with Crippen LogP contribution >= 0.6 is 12.2 Å². The Morgan fingerprint density at radius 1 is 1.12 bits per heavy atom. The molecule has 0 saturated carbocycles. The third-order valence-electron chi connectivity index (χ3n) is 4.38. The summed E-state index contributed by atoms with van der Waals surface area (Å²) in [5.74, 6) is 1.39.